The molecule has 1 aromatic rings. The third-order valence-corrected chi connectivity index (χ3v) is 2.21. The topological polar surface area (TPSA) is 49.3 Å². The number of benzene rings is 1. The highest BCUT2D eigenvalue weighted by Crippen LogP contribution is 2.22. The number of carbonyl (C=O) groups excluding carboxylic acids is 1. The smallest absolute Gasteiger partial charge is 0.216 e. The van der Waals surface area contributed by atoms with Gasteiger partial charge >= 0.3 is 0 Å². The molecular weight excluding hydrogens is 226 g/mol. The van der Waals surface area contributed by atoms with Gasteiger partial charge in [0.1, 0.15) is 5.75 Å². The Morgan fingerprint density at radius 3 is 2.94 bits per heavy atom. The number of phenols is 1. The number of carbonyl (C=O) groups is 1. The molecule has 0 spiro atoms. The van der Waals surface area contributed by atoms with Crippen LogP contribution in [0.5, 0.6) is 5.75 Å². The molecule has 1 rings (SSSR count). The van der Waals surface area contributed by atoms with Crippen molar-refractivity contribution < 1.29 is 9.90 Å². The molecule has 2 N–H and O–H groups in total. The molecule has 1 amide bonds. The van der Waals surface area contributed by atoms with Crippen molar-refractivity contribution in [1.29, 1.82) is 0 Å². The first-order valence-electron chi connectivity index (χ1n) is 4.99. The third-order valence-electron chi connectivity index (χ3n) is 1.97. The number of aromatic hydroxyl groups is 1. The van der Waals surface area contributed by atoms with E-state index in [1.807, 2.05) is 6.08 Å². The number of hydrogen-bond donors (Lipinski definition) is 2. The maximum atomic E-state index is 10.6. The molecule has 0 aromatic heterocycles. The van der Waals surface area contributed by atoms with Gasteiger partial charge in [-0.15, -0.1) is 0 Å². The number of hydrogen-bond acceptors (Lipinski definition) is 2. The van der Waals surface area contributed by atoms with E-state index < -0.39 is 0 Å². The molecule has 3 nitrogen and oxygen atoms in total. The van der Waals surface area contributed by atoms with Gasteiger partial charge in [0.2, 0.25) is 5.91 Å². The van der Waals surface area contributed by atoms with E-state index in [4.69, 9.17) is 11.6 Å². The summed E-state index contributed by atoms with van der Waals surface area (Å²) in [5, 5.41) is 12.7. The van der Waals surface area contributed by atoms with Crippen molar-refractivity contribution in [1.82, 2.24) is 5.32 Å². The molecule has 0 saturated carbocycles. The highest BCUT2D eigenvalue weighted by Gasteiger charge is 1.97. The Morgan fingerprint density at radius 1 is 1.56 bits per heavy atom. The summed E-state index contributed by atoms with van der Waals surface area (Å²) in [4.78, 5) is 10.6. The van der Waals surface area contributed by atoms with Crippen LogP contribution in [-0.2, 0) is 4.79 Å². The number of phenolic OH excluding ortho intramolecular Hbond substituents is 1. The summed E-state index contributed by atoms with van der Waals surface area (Å²) < 4.78 is 0. The number of rotatable bonds is 4. The van der Waals surface area contributed by atoms with Gasteiger partial charge < -0.3 is 10.4 Å². The Kier molecular flexibility index (Phi) is 4.86. The summed E-state index contributed by atoms with van der Waals surface area (Å²) in [6.07, 6.45) is 4.41. The van der Waals surface area contributed by atoms with Crippen molar-refractivity contribution in [2.75, 3.05) is 6.54 Å². The Balaban J connectivity index is 2.47. The second kappa shape index (κ2) is 6.18. The zero-order valence-electron chi connectivity index (χ0n) is 9.03. The lowest BCUT2D eigenvalue weighted by Gasteiger charge is -2.00. The Labute approximate surface area is 99.7 Å². The van der Waals surface area contributed by atoms with E-state index in [2.05, 4.69) is 5.32 Å². The van der Waals surface area contributed by atoms with Crippen molar-refractivity contribution in [3.8, 4) is 5.75 Å². The molecule has 4 heteroatoms. The molecule has 0 aliphatic heterocycles. The van der Waals surface area contributed by atoms with Crippen LogP contribution < -0.4 is 5.32 Å². The highest BCUT2D eigenvalue weighted by atomic mass is 35.5. The fourth-order valence-corrected chi connectivity index (χ4v) is 1.37. The molecule has 0 fully saturated rings. The SMILES string of the molecule is CC(=O)NCCC=Cc1ccc(Cl)cc1O. The van der Waals surface area contributed by atoms with Gasteiger partial charge in [-0.1, -0.05) is 23.8 Å². The summed E-state index contributed by atoms with van der Waals surface area (Å²) in [6.45, 7) is 2.08. The van der Waals surface area contributed by atoms with Crippen LogP contribution in [0.3, 0.4) is 0 Å². The lowest BCUT2D eigenvalue weighted by atomic mass is 10.2. The van der Waals surface area contributed by atoms with Gasteiger partial charge in [0.15, 0.2) is 0 Å². The quantitative estimate of drug-likeness (QED) is 0.794. The number of nitrogens with one attached hydrogen (secondary N) is 1. The summed E-state index contributed by atoms with van der Waals surface area (Å²) >= 11 is 5.70. The predicted octanol–water partition coefficient (Wildman–Crippen LogP) is 2.59. The first-order chi connectivity index (χ1) is 7.59. The number of amides is 1. The predicted molar refractivity (Wildman–Crippen MR) is 65.5 cm³/mol. The van der Waals surface area contributed by atoms with Crippen LogP contribution in [0.2, 0.25) is 5.02 Å². The molecule has 0 unspecified atom stereocenters. The van der Waals surface area contributed by atoms with Crippen LogP contribution in [-0.4, -0.2) is 17.6 Å². The summed E-state index contributed by atoms with van der Waals surface area (Å²) in [6, 6.07) is 4.95. The van der Waals surface area contributed by atoms with Crippen LogP contribution in [0, 0.1) is 0 Å². The highest BCUT2D eigenvalue weighted by molar-refractivity contribution is 6.30. The molecule has 0 bridgehead atoms. The summed E-state index contributed by atoms with van der Waals surface area (Å²) in [5.74, 6) is 0.117. The zero-order chi connectivity index (χ0) is 12.0. The molecular formula is C12H14ClNO2. The summed E-state index contributed by atoms with van der Waals surface area (Å²) in [5.41, 5.74) is 0.715. The van der Waals surface area contributed by atoms with Gasteiger partial charge in [0.25, 0.3) is 0 Å². The van der Waals surface area contributed by atoms with Crippen LogP contribution >= 0.6 is 11.6 Å². The molecule has 0 radical (unpaired) electrons. The molecule has 0 aliphatic rings. The van der Waals surface area contributed by atoms with E-state index in [9.17, 15) is 9.90 Å². The Bertz CT molecular complexity index is 402. The van der Waals surface area contributed by atoms with E-state index in [-0.39, 0.29) is 11.7 Å². The van der Waals surface area contributed by atoms with Gasteiger partial charge in [-0.3, -0.25) is 4.79 Å². The summed E-state index contributed by atoms with van der Waals surface area (Å²) in [7, 11) is 0. The van der Waals surface area contributed by atoms with Crippen LogP contribution in [0.4, 0.5) is 0 Å². The van der Waals surface area contributed by atoms with Crippen molar-refractivity contribution in [3.63, 3.8) is 0 Å². The van der Waals surface area contributed by atoms with Gasteiger partial charge in [0.05, 0.1) is 0 Å². The molecule has 1 aromatic carbocycles. The lowest BCUT2D eigenvalue weighted by Crippen LogP contribution is -2.20. The van der Waals surface area contributed by atoms with E-state index in [0.717, 1.165) is 6.42 Å². The standard InChI is InChI=1S/C12H14ClNO2/c1-9(15)14-7-3-2-4-10-5-6-11(13)8-12(10)16/h2,4-6,8,16H,3,7H2,1H3,(H,14,15). The molecule has 16 heavy (non-hydrogen) atoms. The van der Waals surface area contributed by atoms with Crippen LogP contribution in [0.1, 0.15) is 18.9 Å². The average Bonchev–Trinajstić information content (AvgIpc) is 2.20. The third kappa shape index (κ3) is 4.36. The minimum Gasteiger partial charge on any atom is -0.507 e. The van der Waals surface area contributed by atoms with Crippen molar-refractivity contribution in [2.24, 2.45) is 0 Å². The molecule has 0 atom stereocenters. The lowest BCUT2D eigenvalue weighted by molar-refractivity contribution is -0.118. The molecule has 0 saturated heterocycles. The van der Waals surface area contributed by atoms with Gasteiger partial charge in [-0.05, 0) is 24.6 Å². The van der Waals surface area contributed by atoms with E-state index in [1.54, 1.807) is 18.2 Å². The first-order valence-corrected chi connectivity index (χ1v) is 5.37. The second-order valence-corrected chi connectivity index (χ2v) is 3.81. The van der Waals surface area contributed by atoms with Crippen molar-refractivity contribution in [2.45, 2.75) is 13.3 Å². The van der Waals surface area contributed by atoms with Gasteiger partial charge in [0, 0.05) is 24.1 Å². The Hall–Kier alpha value is -1.48. The largest absolute Gasteiger partial charge is 0.507 e. The first kappa shape index (κ1) is 12.6. The van der Waals surface area contributed by atoms with Gasteiger partial charge in [-0.2, -0.15) is 0 Å². The molecule has 0 heterocycles. The maximum Gasteiger partial charge on any atom is 0.216 e. The second-order valence-electron chi connectivity index (χ2n) is 3.38. The van der Waals surface area contributed by atoms with E-state index in [1.165, 1.54) is 13.0 Å². The minimum absolute atomic E-state index is 0.0391. The zero-order valence-corrected chi connectivity index (χ0v) is 9.79. The van der Waals surface area contributed by atoms with Crippen LogP contribution in [0.25, 0.3) is 6.08 Å². The van der Waals surface area contributed by atoms with E-state index in [0.29, 0.717) is 17.1 Å². The maximum absolute atomic E-state index is 10.6. The van der Waals surface area contributed by atoms with E-state index >= 15 is 0 Å². The minimum atomic E-state index is -0.0391. The normalized spacial score (nSPS) is 10.6. The average molecular weight is 240 g/mol. The number of halogens is 1. The fraction of sp³-hybridized carbons (Fsp3) is 0.250. The Morgan fingerprint density at radius 2 is 2.31 bits per heavy atom. The van der Waals surface area contributed by atoms with Gasteiger partial charge in [-0.25, -0.2) is 0 Å². The fourth-order valence-electron chi connectivity index (χ4n) is 1.20. The van der Waals surface area contributed by atoms with Crippen molar-refractivity contribution >= 4 is 23.6 Å². The van der Waals surface area contributed by atoms with Crippen LogP contribution in [0.15, 0.2) is 24.3 Å². The molecule has 86 valence electrons. The van der Waals surface area contributed by atoms with Crippen molar-refractivity contribution in [3.05, 3.63) is 34.9 Å². The monoisotopic (exact) mass is 239 g/mol. The molecule has 0 aliphatic carbocycles.